The second-order valence-corrected chi connectivity index (χ2v) is 13.2. The maximum atomic E-state index is 13.5. The van der Waals surface area contributed by atoms with Crippen LogP contribution < -0.4 is 46.4 Å². The van der Waals surface area contributed by atoms with Crippen LogP contribution in [0.4, 0.5) is 0 Å². The van der Waals surface area contributed by atoms with E-state index < -0.39 is 29.9 Å². The third-order valence-corrected chi connectivity index (χ3v) is 9.67. The minimum Gasteiger partial charge on any atom is -0.506 e. The number of nitrogens with two attached hydrogens (primary N) is 2. The minimum atomic E-state index is -1.13. The van der Waals surface area contributed by atoms with E-state index in [1.54, 1.807) is 0 Å². The average molecular weight is 801 g/mol. The smallest absolute Gasteiger partial charge is 0.328 e. The Balaban J connectivity index is 2.09. The molecule has 2 aromatic carbocycles. The Bertz CT molecular complexity index is 1640. The number of thioether (sulfide) groups is 2. The van der Waals surface area contributed by atoms with E-state index in [-0.39, 0.29) is 105 Å². The van der Waals surface area contributed by atoms with Crippen molar-refractivity contribution < 1.29 is 63.3 Å². The molecule has 21 heteroatoms. The number of carbonyl (C=O) groups is 4. The molecule has 19 nitrogen and oxygen atoms in total. The zero-order chi connectivity index (χ0) is 40.4. The number of carbonyl (C=O) groups excluding carboxylic acids is 4. The monoisotopic (exact) mass is 800 g/mol. The number of esters is 1. The molecule has 54 heavy (non-hydrogen) atoms. The van der Waals surface area contributed by atoms with Crippen molar-refractivity contribution in [3.8, 4) is 46.0 Å². The van der Waals surface area contributed by atoms with Gasteiger partial charge in [0.15, 0.2) is 29.0 Å². The van der Waals surface area contributed by atoms with Gasteiger partial charge in [0.05, 0.1) is 56.8 Å². The van der Waals surface area contributed by atoms with E-state index in [9.17, 15) is 39.6 Å². The standard InChI is InChI=1S/C33H48N6O13S2/c1-48-21-13-19(40)29(27(50-3)25(21)44)53-15-23(42)36-11-7-6-9-17(31(46)39-18(32(47)52-5)10-8-12-37-33(34)35)38-24(43)16-54-30-20(41)14-22(49-2)26(45)28(30)51-4/h13-14,17-18,40-41,44-45H,6-12,15-16H2,1-5H3,(H,36,42)(H,38,43)(H,39,46)(H4,34,35,37)/t17-,18-/m0/s1. The van der Waals surface area contributed by atoms with Crippen LogP contribution in [0.25, 0.3) is 0 Å². The predicted molar refractivity (Wildman–Crippen MR) is 200 cm³/mol. The van der Waals surface area contributed by atoms with Gasteiger partial charge in [-0.15, -0.1) is 23.5 Å². The van der Waals surface area contributed by atoms with Crippen LogP contribution in [-0.2, 0) is 23.9 Å². The van der Waals surface area contributed by atoms with E-state index >= 15 is 0 Å². The number of aromatic hydroxyl groups is 4. The number of hydrogen-bond acceptors (Lipinski definition) is 16. The number of nitrogens with one attached hydrogen (secondary N) is 3. The highest BCUT2D eigenvalue weighted by Gasteiger charge is 2.28. The van der Waals surface area contributed by atoms with Crippen LogP contribution in [0.1, 0.15) is 32.1 Å². The third-order valence-electron chi connectivity index (χ3n) is 7.49. The lowest BCUT2D eigenvalue weighted by Gasteiger charge is -2.22. The molecule has 300 valence electrons. The van der Waals surface area contributed by atoms with Gasteiger partial charge in [0, 0.05) is 25.2 Å². The summed E-state index contributed by atoms with van der Waals surface area (Å²) in [5, 5.41) is 49.5. The molecule has 2 rings (SSSR count). The summed E-state index contributed by atoms with van der Waals surface area (Å²) in [5.74, 6) is -4.42. The van der Waals surface area contributed by atoms with Crippen LogP contribution in [0.2, 0.25) is 0 Å². The second-order valence-electron chi connectivity index (χ2n) is 11.2. The largest absolute Gasteiger partial charge is 0.506 e. The van der Waals surface area contributed by atoms with Crippen molar-refractivity contribution in [3.63, 3.8) is 0 Å². The fourth-order valence-corrected chi connectivity index (χ4v) is 6.63. The van der Waals surface area contributed by atoms with Gasteiger partial charge in [-0.25, -0.2) is 4.79 Å². The first-order valence-corrected chi connectivity index (χ1v) is 18.3. The molecular formula is C33H48N6O13S2. The number of unbranched alkanes of at least 4 members (excludes halogenated alkanes) is 1. The molecule has 0 aliphatic heterocycles. The first-order chi connectivity index (χ1) is 25.7. The number of ether oxygens (including phenoxy) is 5. The molecule has 0 spiro atoms. The van der Waals surface area contributed by atoms with Gasteiger partial charge in [0.1, 0.15) is 23.6 Å². The van der Waals surface area contributed by atoms with E-state index in [1.165, 1.54) is 41.6 Å². The van der Waals surface area contributed by atoms with Crippen LogP contribution in [-0.4, -0.2) is 122 Å². The average Bonchev–Trinajstić information content (AvgIpc) is 3.14. The summed E-state index contributed by atoms with van der Waals surface area (Å²) in [6, 6.07) is 0.160. The van der Waals surface area contributed by atoms with Gasteiger partial charge in [-0.05, 0) is 32.1 Å². The molecule has 3 amide bonds. The topological polar surface area (TPSA) is 296 Å². The summed E-state index contributed by atoms with van der Waals surface area (Å²) < 4.78 is 25.3. The summed E-state index contributed by atoms with van der Waals surface area (Å²) >= 11 is 1.78. The maximum absolute atomic E-state index is 13.5. The third kappa shape index (κ3) is 13.3. The van der Waals surface area contributed by atoms with Crippen molar-refractivity contribution >= 4 is 53.2 Å². The van der Waals surface area contributed by atoms with E-state index in [0.29, 0.717) is 19.3 Å². The van der Waals surface area contributed by atoms with Crippen molar-refractivity contribution in [1.82, 2.24) is 16.0 Å². The molecule has 0 saturated heterocycles. The van der Waals surface area contributed by atoms with Crippen LogP contribution in [0.5, 0.6) is 46.0 Å². The summed E-state index contributed by atoms with van der Waals surface area (Å²) in [4.78, 5) is 55.8. The molecule has 2 aromatic rings. The number of guanidine groups is 1. The number of methoxy groups -OCH3 is 5. The Kier molecular flexibility index (Phi) is 18.8. The molecule has 0 aromatic heterocycles. The number of phenolic OH excluding ortho intramolecular Hbond substituents is 4. The van der Waals surface area contributed by atoms with Gasteiger partial charge < -0.3 is 71.5 Å². The van der Waals surface area contributed by atoms with Gasteiger partial charge in [-0.2, -0.15) is 0 Å². The summed E-state index contributed by atoms with van der Waals surface area (Å²) in [7, 11) is 6.34. The number of amides is 3. The van der Waals surface area contributed by atoms with E-state index in [1.807, 2.05) is 0 Å². The Morgan fingerprint density at radius 3 is 1.72 bits per heavy atom. The fraction of sp³-hybridized carbons (Fsp3) is 0.485. The van der Waals surface area contributed by atoms with Crippen molar-refractivity contribution in [2.45, 2.75) is 54.0 Å². The van der Waals surface area contributed by atoms with E-state index in [4.69, 9.17) is 35.2 Å². The molecule has 0 unspecified atom stereocenters. The molecule has 0 heterocycles. The van der Waals surface area contributed by atoms with Crippen molar-refractivity contribution in [3.05, 3.63) is 12.1 Å². The van der Waals surface area contributed by atoms with Crippen molar-refractivity contribution in [1.29, 1.82) is 0 Å². The number of rotatable bonds is 23. The Hall–Kier alpha value is -5.31. The summed E-state index contributed by atoms with van der Waals surface area (Å²) in [6.07, 6.45) is 1.29. The summed E-state index contributed by atoms with van der Waals surface area (Å²) in [6.45, 7) is 0.395. The highest BCUT2D eigenvalue weighted by molar-refractivity contribution is 8.00. The molecule has 0 saturated carbocycles. The van der Waals surface area contributed by atoms with Gasteiger partial charge in [0.25, 0.3) is 0 Å². The van der Waals surface area contributed by atoms with Crippen LogP contribution >= 0.6 is 23.5 Å². The van der Waals surface area contributed by atoms with Crippen molar-refractivity contribution in [2.24, 2.45) is 16.5 Å². The molecule has 0 radical (unpaired) electrons. The zero-order valence-electron chi connectivity index (χ0n) is 30.6. The van der Waals surface area contributed by atoms with Gasteiger partial charge in [0.2, 0.25) is 29.2 Å². The molecule has 0 bridgehead atoms. The minimum absolute atomic E-state index is 0.000741. The van der Waals surface area contributed by atoms with Crippen molar-refractivity contribution in [2.75, 3.05) is 60.1 Å². The SMILES string of the molecule is COC(=O)[C@H](CCCN=C(N)N)NC(=O)[C@H](CCCCNC(=O)CSc1c(O)cc(OC)c(O)c1OC)NC(=O)CSc1c(O)cc(OC)c(O)c1OC. The number of aliphatic imine (C=N–C) groups is 1. The number of hydrogen-bond donors (Lipinski definition) is 9. The molecule has 0 aliphatic carbocycles. The molecule has 0 aliphatic rings. The Morgan fingerprint density at radius 1 is 0.722 bits per heavy atom. The first-order valence-electron chi connectivity index (χ1n) is 16.3. The first kappa shape index (κ1) is 44.8. The molecular weight excluding hydrogens is 753 g/mol. The second kappa shape index (κ2) is 22.7. The highest BCUT2D eigenvalue weighted by atomic mass is 32.2. The lowest BCUT2D eigenvalue weighted by molar-refractivity contribution is -0.145. The lowest BCUT2D eigenvalue weighted by atomic mass is 10.1. The zero-order valence-corrected chi connectivity index (χ0v) is 32.2. The molecule has 2 atom stereocenters. The quantitative estimate of drug-likeness (QED) is 0.0188. The van der Waals surface area contributed by atoms with E-state index in [0.717, 1.165) is 29.6 Å². The van der Waals surface area contributed by atoms with Crippen LogP contribution in [0, 0.1) is 0 Å². The Labute approximate surface area is 320 Å². The van der Waals surface area contributed by atoms with E-state index in [2.05, 4.69) is 20.9 Å². The summed E-state index contributed by atoms with van der Waals surface area (Å²) in [5.41, 5.74) is 10.7. The molecule has 11 N–H and O–H groups in total. The van der Waals surface area contributed by atoms with Crippen LogP contribution in [0.3, 0.4) is 0 Å². The van der Waals surface area contributed by atoms with Gasteiger partial charge in [-0.3, -0.25) is 19.4 Å². The lowest BCUT2D eigenvalue weighted by Crippen LogP contribution is -2.52. The number of nitrogens with zero attached hydrogens (tertiary/aromatic N) is 1. The maximum Gasteiger partial charge on any atom is 0.328 e. The predicted octanol–water partition coefficient (Wildman–Crippen LogP) is 0.911. The number of benzene rings is 2. The Morgan fingerprint density at radius 2 is 1.24 bits per heavy atom. The number of phenols is 4. The highest BCUT2D eigenvalue weighted by Crippen LogP contribution is 2.49. The van der Waals surface area contributed by atoms with Crippen LogP contribution in [0.15, 0.2) is 26.9 Å². The van der Waals surface area contributed by atoms with Gasteiger partial charge in [-0.1, -0.05) is 0 Å². The fourth-order valence-electron chi connectivity index (χ4n) is 4.86. The molecule has 0 fully saturated rings. The van der Waals surface area contributed by atoms with Gasteiger partial charge >= 0.3 is 5.97 Å². The normalized spacial score (nSPS) is 11.7.